The summed E-state index contributed by atoms with van der Waals surface area (Å²) in [6, 6.07) is 9.24. The third-order valence-corrected chi connectivity index (χ3v) is 5.31. The Morgan fingerprint density at radius 2 is 1.95 bits per heavy atom. The highest BCUT2D eigenvalue weighted by Gasteiger charge is 2.39. The normalized spacial score (nSPS) is 19.5. The van der Waals surface area contributed by atoms with Gasteiger partial charge in [-0.25, -0.2) is 8.42 Å². The van der Waals surface area contributed by atoms with Crippen LogP contribution in [-0.2, 0) is 21.4 Å². The molecule has 0 aromatic heterocycles. The van der Waals surface area contributed by atoms with Crippen molar-refractivity contribution in [2.75, 3.05) is 12.8 Å². The molecule has 1 aliphatic rings. The predicted molar refractivity (Wildman–Crippen MR) is 86.7 cm³/mol. The van der Waals surface area contributed by atoms with E-state index >= 15 is 0 Å². The van der Waals surface area contributed by atoms with Crippen molar-refractivity contribution < 1.29 is 13.2 Å². The predicted octanol–water partition coefficient (Wildman–Crippen LogP) is 1.85. The lowest BCUT2D eigenvalue weighted by molar-refractivity contribution is -0.137. The van der Waals surface area contributed by atoms with Gasteiger partial charge in [0.2, 0.25) is 15.9 Å². The Morgan fingerprint density at radius 1 is 1.32 bits per heavy atom. The zero-order chi connectivity index (χ0) is 16.3. The molecule has 0 radical (unpaired) electrons. The van der Waals surface area contributed by atoms with Crippen molar-refractivity contribution in [2.24, 2.45) is 0 Å². The van der Waals surface area contributed by atoms with Crippen LogP contribution in [0.15, 0.2) is 30.3 Å². The molecule has 1 atom stereocenters. The molecule has 1 aromatic rings. The number of hydrogen-bond donors (Lipinski definition) is 0. The van der Waals surface area contributed by atoms with Crippen molar-refractivity contribution in [1.82, 2.24) is 9.21 Å². The van der Waals surface area contributed by atoms with Crippen LogP contribution in [0.25, 0.3) is 0 Å². The third kappa shape index (κ3) is 3.87. The average Bonchev–Trinajstić information content (AvgIpc) is 2.94. The first kappa shape index (κ1) is 17.0. The van der Waals surface area contributed by atoms with Crippen molar-refractivity contribution in [3.63, 3.8) is 0 Å². The number of amides is 1. The van der Waals surface area contributed by atoms with E-state index in [-0.39, 0.29) is 11.9 Å². The zero-order valence-corrected chi connectivity index (χ0v) is 14.2. The molecule has 1 aromatic carbocycles. The molecule has 5 nitrogen and oxygen atoms in total. The average molecular weight is 324 g/mol. The van der Waals surface area contributed by atoms with Gasteiger partial charge in [-0.05, 0) is 32.3 Å². The Hall–Kier alpha value is -1.40. The molecular formula is C16H24N2O3S. The Bertz CT molecular complexity index is 614. The first-order valence-corrected chi connectivity index (χ1v) is 9.46. The van der Waals surface area contributed by atoms with Gasteiger partial charge in [-0.15, -0.1) is 0 Å². The Labute approximate surface area is 133 Å². The molecule has 0 spiro atoms. The first-order chi connectivity index (χ1) is 10.3. The molecule has 2 rings (SSSR count). The van der Waals surface area contributed by atoms with Gasteiger partial charge in [-0.2, -0.15) is 4.31 Å². The molecule has 1 heterocycles. The maximum Gasteiger partial charge on any atom is 0.241 e. The van der Waals surface area contributed by atoms with E-state index in [0.717, 1.165) is 12.0 Å². The molecule has 1 fully saturated rings. The van der Waals surface area contributed by atoms with Gasteiger partial charge in [-0.1, -0.05) is 30.3 Å². The standard InChI is InChI=1S/C16H24N2O3S/c1-13(2)17(12-14-8-5-4-6-9-14)16(19)15-10-7-11-18(15)22(3,20)21/h4-6,8-9,13,15H,7,10-12H2,1-3H3. The lowest BCUT2D eigenvalue weighted by Crippen LogP contribution is -2.49. The summed E-state index contributed by atoms with van der Waals surface area (Å²) in [5, 5.41) is 0. The maximum atomic E-state index is 12.9. The molecule has 0 aliphatic carbocycles. The minimum atomic E-state index is -3.34. The van der Waals surface area contributed by atoms with Crippen molar-refractivity contribution in [2.45, 2.75) is 45.3 Å². The van der Waals surface area contributed by atoms with Crippen LogP contribution in [0.2, 0.25) is 0 Å². The van der Waals surface area contributed by atoms with Crippen LogP contribution in [0.5, 0.6) is 0 Å². The summed E-state index contributed by atoms with van der Waals surface area (Å²) in [5.74, 6) is -0.0956. The topological polar surface area (TPSA) is 57.7 Å². The Balaban J connectivity index is 2.20. The quantitative estimate of drug-likeness (QED) is 0.830. The summed E-state index contributed by atoms with van der Waals surface area (Å²) in [5.41, 5.74) is 1.05. The SMILES string of the molecule is CC(C)N(Cc1ccccc1)C(=O)C1CCCN1S(C)(=O)=O. The van der Waals surface area contributed by atoms with Crippen LogP contribution in [0, 0.1) is 0 Å². The highest BCUT2D eigenvalue weighted by Crippen LogP contribution is 2.23. The van der Waals surface area contributed by atoms with Gasteiger partial charge in [0.05, 0.1) is 6.26 Å². The van der Waals surface area contributed by atoms with E-state index in [1.807, 2.05) is 44.2 Å². The molecular weight excluding hydrogens is 300 g/mol. The van der Waals surface area contributed by atoms with Crippen LogP contribution in [0.3, 0.4) is 0 Å². The third-order valence-electron chi connectivity index (χ3n) is 4.02. The van der Waals surface area contributed by atoms with Gasteiger partial charge in [0, 0.05) is 19.1 Å². The molecule has 1 unspecified atom stereocenters. The lowest BCUT2D eigenvalue weighted by atomic mass is 10.1. The van der Waals surface area contributed by atoms with E-state index < -0.39 is 16.1 Å². The highest BCUT2D eigenvalue weighted by molar-refractivity contribution is 7.88. The summed E-state index contributed by atoms with van der Waals surface area (Å²) in [7, 11) is -3.34. The highest BCUT2D eigenvalue weighted by atomic mass is 32.2. The number of sulfonamides is 1. The molecule has 0 N–H and O–H groups in total. The number of rotatable bonds is 5. The van der Waals surface area contributed by atoms with Crippen molar-refractivity contribution in [3.8, 4) is 0 Å². The fourth-order valence-electron chi connectivity index (χ4n) is 2.87. The van der Waals surface area contributed by atoms with Gasteiger partial charge in [0.15, 0.2) is 0 Å². The largest absolute Gasteiger partial charge is 0.335 e. The number of nitrogens with zero attached hydrogens (tertiary/aromatic N) is 2. The maximum absolute atomic E-state index is 12.9. The van der Waals surface area contributed by atoms with Crippen LogP contribution >= 0.6 is 0 Å². The summed E-state index contributed by atoms with van der Waals surface area (Å²) < 4.78 is 25.1. The van der Waals surface area contributed by atoms with Crippen LogP contribution in [0.1, 0.15) is 32.3 Å². The van der Waals surface area contributed by atoms with E-state index in [0.29, 0.717) is 19.5 Å². The molecule has 0 bridgehead atoms. The van der Waals surface area contributed by atoms with Crippen molar-refractivity contribution >= 4 is 15.9 Å². The van der Waals surface area contributed by atoms with Crippen molar-refractivity contribution in [3.05, 3.63) is 35.9 Å². The van der Waals surface area contributed by atoms with Crippen molar-refractivity contribution in [1.29, 1.82) is 0 Å². The number of carbonyl (C=O) groups excluding carboxylic acids is 1. The van der Waals surface area contributed by atoms with E-state index in [4.69, 9.17) is 0 Å². The second kappa shape index (κ2) is 6.79. The summed E-state index contributed by atoms with van der Waals surface area (Å²) in [6.07, 6.45) is 2.51. The molecule has 0 saturated carbocycles. The molecule has 6 heteroatoms. The van der Waals surface area contributed by atoms with Crippen LogP contribution < -0.4 is 0 Å². The molecule has 122 valence electrons. The molecule has 22 heavy (non-hydrogen) atoms. The second-order valence-corrected chi connectivity index (χ2v) is 8.01. The molecule has 1 aliphatic heterocycles. The number of carbonyl (C=O) groups is 1. The van der Waals surface area contributed by atoms with Crippen LogP contribution in [0.4, 0.5) is 0 Å². The minimum Gasteiger partial charge on any atom is -0.335 e. The number of hydrogen-bond acceptors (Lipinski definition) is 3. The fourth-order valence-corrected chi connectivity index (χ4v) is 3.99. The van der Waals surface area contributed by atoms with Gasteiger partial charge in [0.1, 0.15) is 6.04 Å². The zero-order valence-electron chi connectivity index (χ0n) is 13.4. The van der Waals surface area contributed by atoms with E-state index in [1.54, 1.807) is 4.90 Å². The van der Waals surface area contributed by atoms with E-state index in [1.165, 1.54) is 10.6 Å². The molecule has 1 amide bonds. The van der Waals surface area contributed by atoms with Gasteiger partial charge >= 0.3 is 0 Å². The Morgan fingerprint density at radius 3 is 2.50 bits per heavy atom. The lowest BCUT2D eigenvalue weighted by Gasteiger charge is -2.32. The number of benzene rings is 1. The minimum absolute atomic E-state index is 0.0229. The Kier molecular flexibility index (Phi) is 5.24. The van der Waals surface area contributed by atoms with Gasteiger partial charge in [-0.3, -0.25) is 4.79 Å². The fraction of sp³-hybridized carbons (Fsp3) is 0.562. The monoisotopic (exact) mass is 324 g/mol. The van der Waals surface area contributed by atoms with E-state index in [9.17, 15) is 13.2 Å². The second-order valence-electron chi connectivity index (χ2n) is 6.08. The first-order valence-electron chi connectivity index (χ1n) is 7.62. The van der Waals surface area contributed by atoms with Gasteiger partial charge < -0.3 is 4.90 Å². The molecule has 1 saturated heterocycles. The summed E-state index contributed by atoms with van der Waals surface area (Å²) in [4.78, 5) is 14.6. The summed E-state index contributed by atoms with van der Waals surface area (Å²) >= 11 is 0. The van der Waals surface area contributed by atoms with Gasteiger partial charge in [0.25, 0.3) is 0 Å². The summed E-state index contributed by atoms with van der Waals surface area (Å²) in [6.45, 7) is 4.86. The van der Waals surface area contributed by atoms with E-state index in [2.05, 4.69) is 0 Å². The smallest absolute Gasteiger partial charge is 0.241 e. The van der Waals surface area contributed by atoms with Crippen LogP contribution in [-0.4, -0.2) is 48.4 Å².